The van der Waals surface area contributed by atoms with Gasteiger partial charge < -0.3 is 5.11 Å². The zero-order chi connectivity index (χ0) is 11.1. The summed E-state index contributed by atoms with van der Waals surface area (Å²) in [6.07, 6.45) is 3.01. The summed E-state index contributed by atoms with van der Waals surface area (Å²) in [6, 6.07) is 1.72. The largest absolute Gasteiger partial charge is 0.506 e. The van der Waals surface area contributed by atoms with Gasteiger partial charge in [-0.25, -0.2) is 0 Å². The lowest BCUT2D eigenvalue weighted by atomic mass is 10.2. The van der Waals surface area contributed by atoms with Crippen molar-refractivity contribution in [3.05, 3.63) is 24.3 Å². The van der Waals surface area contributed by atoms with Crippen LogP contribution in [0.4, 0.5) is 0 Å². The lowest BCUT2D eigenvalue weighted by Crippen LogP contribution is -1.88. The summed E-state index contributed by atoms with van der Waals surface area (Å²) >= 11 is 1.38. The van der Waals surface area contributed by atoms with Crippen LogP contribution in [0.1, 0.15) is 5.82 Å². The molecule has 3 aromatic heterocycles. The van der Waals surface area contributed by atoms with Crippen molar-refractivity contribution in [3.63, 3.8) is 0 Å². The summed E-state index contributed by atoms with van der Waals surface area (Å²) in [4.78, 5) is 4.53. The van der Waals surface area contributed by atoms with Crippen molar-refractivity contribution < 1.29 is 5.11 Å². The van der Waals surface area contributed by atoms with Gasteiger partial charge in [-0.2, -0.15) is 9.61 Å². The maximum absolute atomic E-state index is 9.65. The second kappa shape index (κ2) is 3.24. The molecule has 0 saturated carbocycles. The normalized spacial score (nSPS) is 11.1. The molecule has 0 atom stereocenters. The van der Waals surface area contributed by atoms with Crippen molar-refractivity contribution >= 4 is 16.3 Å². The second-order valence-corrected chi connectivity index (χ2v) is 4.20. The third-order valence-corrected chi connectivity index (χ3v) is 3.11. The monoisotopic (exact) mass is 233 g/mol. The average Bonchev–Trinajstić information content (AvgIpc) is 2.82. The van der Waals surface area contributed by atoms with Gasteiger partial charge in [-0.05, 0) is 13.0 Å². The van der Waals surface area contributed by atoms with Gasteiger partial charge in [0, 0.05) is 6.20 Å². The van der Waals surface area contributed by atoms with Crippen LogP contribution in [0.5, 0.6) is 5.75 Å². The lowest BCUT2D eigenvalue weighted by Gasteiger charge is -1.97. The molecule has 6 nitrogen and oxygen atoms in total. The van der Waals surface area contributed by atoms with Crippen molar-refractivity contribution in [2.75, 3.05) is 0 Å². The number of aromatic nitrogens is 5. The van der Waals surface area contributed by atoms with E-state index in [1.54, 1.807) is 16.8 Å². The molecule has 0 aromatic carbocycles. The van der Waals surface area contributed by atoms with Crippen LogP contribution in [0.2, 0.25) is 0 Å². The van der Waals surface area contributed by atoms with Gasteiger partial charge in [0.2, 0.25) is 4.96 Å². The Hall–Kier alpha value is -2.02. The van der Waals surface area contributed by atoms with E-state index in [1.807, 2.05) is 6.92 Å². The minimum absolute atomic E-state index is 0.116. The first-order valence-electron chi connectivity index (χ1n) is 4.58. The number of aromatic hydroxyl groups is 1. The summed E-state index contributed by atoms with van der Waals surface area (Å²) in [7, 11) is 0. The fraction of sp³-hybridized carbons (Fsp3) is 0.111. The molecule has 1 N–H and O–H groups in total. The molecule has 0 bridgehead atoms. The average molecular weight is 233 g/mol. The molecular formula is C9H7N5OS. The highest BCUT2D eigenvalue weighted by molar-refractivity contribution is 7.19. The van der Waals surface area contributed by atoms with E-state index in [1.165, 1.54) is 17.5 Å². The Morgan fingerprint density at radius 2 is 2.25 bits per heavy atom. The predicted octanol–water partition coefficient (Wildman–Crippen LogP) is 1.26. The maximum Gasteiger partial charge on any atom is 0.234 e. The van der Waals surface area contributed by atoms with Gasteiger partial charge in [-0.1, -0.05) is 11.3 Å². The molecule has 16 heavy (non-hydrogen) atoms. The van der Waals surface area contributed by atoms with Crippen molar-refractivity contribution in [1.82, 2.24) is 24.8 Å². The minimum Gasteiger partial charge on any atom is -0.506 e. The maximum atomic E-state index is 9.65. The van der Waals surface area contributed by atoms with Crippen molar-refractivity contribution in [1.29, 1.82) is 0 Å². The van der Waals surface area contributed by atoms with Crippen LogP contribution in [0.25, 0.3) is 15.5 Å². The Balaban J connectivity index is 2.23. The summed E-state index contributed by atoms with van der Waals surface area (Å²) in [6.45, 7) is 1.83. The molecule has 0 unspecified atom stereocenters. The minimum atomic E-state index is 0.116. The number of hydrogen-bond acceptors (Lipinski definition) is 6. The van der Waals surface area contributed by atoms with Gasteiger partial charge in [-0.3, -0.25) is 4.98 Å². The van der Waals surface area contributed by atoms with Gasteiger partial charge in [0.25, 0.3) is 0 Å². The highest BCUT2D eigenvalue weighted by atomic mass is 32.1. The molecular weight excluding hydrogens is 226 g/mol. The SMILES string of the molecule is Cc1nnc2sc(-c3ccncc3O)nn12. The summed E-state index contributed by atoms with van der Waals surface area (Å²) in [5.74, 6) is 0.844. The number of fused-ring (bicyclic) bond motifs is 1. The topological polar surface area (TPSA) is 76.2 Å². The van der Waals surface area contributed by atoms with Gasteiger partial charge in [0.05, 0.1) is 11.8 Å². The smallest absolute Gasteiger partial charge is 0.234 e. The molecule has 0 saturated heterocycles. The van der Waals surface area contributed by atoms with Gasteiger partial charge in [0.1, 0.15) is 5.75 Å². The fourth-order valence-corrected chi connectivity index (χ4v) is 2.31. The molecule has 3 heterocycles. The standard InChI is InChI=1S/C9H7N5OS/c1-5-11-12-9-14(5)13-8(16-9)6-2-3-10-4-7(6)15/h2-4,15H,1H3. The molecule has 3 rings (SSSR count). The molecule has 0 aliphatic carbocycles. The van der Waals surface area contributed by atoms with Crippen LogP contribution in [-0.4, -0.2) is 29.9 Å². The Labute approximate surface area is 94.2 Å². The van der Waals surface area contributed by atoms with Gasteiger partial charge in [-0.15, -0.1) is 10.2 Å². The number of pyridine rings is 1. The first kappa shape index (κ1) is 9.22. The van der Waals surface area contributed by atoms with Crippen LogP contribution in [0, 0.1) is 6.92 Å². The molecule has 0 amide bonds. The molecule has 0 aliphatic heterocycles. The third kappa shape index (κ3) is 1.25. The van der Waals surface area contributed by atoms with Crippen molar-refractivity contribution in [3.8, 4) is 16.3 Å². The Morgan fingerprint density at radius 1 is 1.38 bits per heavy atom. The first-order chi connectivity index (χ1) is 7.75. The molecule has 7 heteroatoms. The van der Waals surface area contributed by atoms with Crippen molar-refractivity contribution in [2.45, 2.75) is 6.92 Å². The van der Waals surface area contributed by atoms with E-state index in [0.29, 0.717) is 15.5 Å². The van der Waals surface area contributed by atoms with Crippen LogP contribution < -0.4 is 0 Å². The van der Waals surface area contributed by atoms with E-state index in [-0.39, 0.29) is 5.75 Å². The highest BCUT2D eigenvalue weighted by Crippen LogP contribution is 2.31. The van der Waals surface area contributed by atoms with Crippen LogP contribution in [0.15, 0.2) is 18.5 Å². The number of aryl methyl sites for hydroxylation is 1. The molecule has 0 aliphatic rings. The Kier molecular flexibility index (Phi) is 1.87. The van der Waals surface area contributed by atoms with E-state index in [9.17, 15) is 5.11 Å². The van der Waals surface area contributed by atoms with Gasteiger partial charge >= 0.3 is 0 Å². The van der Waals surface area contributed by atoms with Crippen LogP contribution in [0.3, 0.4) is 0 Å². The Bertz CT molecular complexity index is 659. The van der Waals surface area contributed by atoms with Crippen molar-refractivity contribution in [2.24, 2.45) is 0 Å². The quantitative estimate of drug-likeness (QED) is 0.684. The lowest BCUT2D eigenvalue weighted by molar-refractivity contribution is 0.474. The van der Waals surface area contributed by atoms with Crippen LogP contribution >= 0.6 is 11.3 Å². The Morgan fingerprint density at radius 3 is 3.00 bits per heavy atom. The summed E-state index contributed by atoms with van der Waals surface area (Å²) < 4.78 is 1.65. The zero-order valence-corrected chi connectivity index (χ0v) is 9.14. The zero-order valence-electron chi connectivity index (χ0n) is 8.32. The highest BCUT2D eigenvalue weighted by Gasteiger charge is 2.12. The van der Waals surface area contributed by atoms with Gasteiger partial charge in [0.15, 0.2) is 10.8 Å². The van der Waals surface area contributed by atoms with Crippen LogP contribution in [-0.2, 0) is 0 Å². The van der Waals surface area contributed by atoms with E-state index < -0.39 is 0 Å². The number of hydrogen-bond donors (Lipinski definition) is 1. The first-order valence-corrected chi connectivity index (χ1v) is 5.39. The summed E-state index contributed by atoms with van der Waals surface area (Å²) in [5.41, 5.74) is 0.657. The number of rotatable bonds is 1. The van der Waals surface area contributed by atoms with E-state index >= 15 is 0 Å². The van der Waals surface area contributed by atoms with E-state index in [0.717, 1.165) is 5.82 Å². The summed E-state index contributed by atoms with van der Waals surface area (Å²) in [5, 5.41) is 22.5. The van der Waals surface area contributed by atoms with E-state index in [4.69, 9.17) is 0 Å². The molecule has 0 radical (unpaired) electrons. The molecule has 0 fully saturated rings. The molecule has 0 spiro atoms. The molecule has 3 aromatic rings. The number of nitrogens with zero attached hydrogens (tertiary/aromatic N) is 5. The molecule has 80 valence electrons. The fourth-order valence-electron chi connectivity index (χ4n) is 1.39. The predicted molar refractivity (Wildman–Crippen MR) is 58.3 cm³/mol. The second-order valence-electron chi connectivity index (χ2n) is 3.24. The third-order valence-electron chi connectivity index (χ3n) is 2.18. The van der Waals surface area contributed by atoms with E-state index in [2.05, 4.69) is 20.3 Å².